The van der Waals surface area contributed by atoms with Crippen LogP contribution in [0.4, 0.5) is 5.69 Å². The molecule has 27 heavy (non-hydrogen) atoms. The second-order valence-electron chi connectivity index (χ2n) is 5.31. The Bertz CT molecular complexity index is 853. The van der Waals surface area contributed by atoms with Crippen molar-refractivity contribution in [3.63, 3.8) is 0 Å². The average Bonchev–Trinajstić information content (AvgIpc) is 2.71. The second-order valence-corrected chi connectivity index (χ2v) is 6.89. The van der Waals surface area contributed by atoms with E-state index in [4.69, 9.17) is 21.2 Å². The molecule has 142 valence electrons. The number of nitrogens with one attached hydrogen (secondary N) is 1. The van der Waals surface area contributed by atoms with E-state index < -0.39 is 0 Å². The van der Waals surface area contributed by atoms with Crippen LogP contribution in [-0.4, -0.2) is 14.2 Å². The van der Waals surface area contributed by atoms with Gasteiger partial charge in [0.1, 0.15) is 5.75 Å². The Labute approximate surface area is 170 Å². The standard InChI is InChI=1S/C20H18ClNO2S.C2H6/c1-23-20-11-10-18(13-19(20)14-4-3-5-15(21)12-14)25-17-8-6-16(7-9-17)22-24-2;1-2/h3-13,22H,1-2H3;1-2H3. The molecular weight excluding hydrogens is 378 g/mol. The van der Waals surface area contributed by atoms with Crippen molar-refractivity contribution < 1.29 is 9.57 Å². The van der Waals surface area contributed by atoms with Crippen LogP contribution in [0.2, 0.25) is 5.02 Å². The van der Waals surface area contributed by atoms with Crippen LogP contribution in [0.1, 0.15) is 13.8 Å². The summed E-state index contributed by atoms with van der Waals surface area (Å²) in [7, 11) is 3.27. The van der Waals surface area contributed by atoms with Crippen LogP contribution in [0.15, 0.2) is 76.5 Å². The smallest absolute Gasteiger partial charge is 0.126 e. The quantitative estimate of drug-likeness (QED) is 0.443. The summed E-state index contributed by atoms with van der Waals surface area (Å²) >= 11 is 7.83. The van der Waals surface area contributed by atoms with E-state index in [1.807, 2.05) is 56.3 Å². The fourth-order valence-corrected chi connectivity index (χ4v) is 3.52. The first kappa shape index (κ1) is 21.2. The largest absolute Gasteiger partial charge is 0.496 e. The summed E-state index contributed by atoms with van der Waals surface area (Å²) < 4.78 is 5.51. The predicted molar refractivity (Wildman–Crippen MR) is 116 cm³/mol. The Balaban J connectivity index is 0.00000126. The SMILES string of the molecule is CC.CONc1ccc(Sc2ccc(OC)c(-c3cccc(Cl)c3)c2)cc1. The van der Waals surface area contributed by atoms with Crippen LogP contribution in [0.3, 0.4) is 0 Å². The summed E-state index contributed by atoms with van der Waals surface area (Å²) in [6.07, 6.45) is 0. The van der Waals surface area contributed by atoms with Crippen LogP contribution in [0.25, 0.3) is 11.1 Å². The van der Waals surface area contributed by atoms with Crippen molar-refractivity contribution in [2.24, 2.45) is 0 Å². The Morgan fingerprint density at radius 1 is 0.852 bits per heavy atom. The third-order valence-electron chi connectivity index (χ3n) is 3.62. The lowest BCUT2D eigenvalue weighted by Crippen LogP contribution is -1.94. The van der Waals surface area contributed by atoms with Gasteiger partial charge in [-0.05, 0) is 60.2 Å². The Kier molecular flexibility index (Phi) is 8.52. The number of methoxy groups -OCH3 is 1. The Morgan fingerprint density at radius 3 is 2.19 bits per heavy atom. The van der Waals surface area contributed by atoms with Gasteiger partial charge < -0.3 is 4.74 Å². The fraction of sp³-hybridized carbons (Fsp3) is 0.182. The molecule has 0 radical (unpaired) electrons. The van der Waals surface area contributed by atoms with Crippen LogP contribution >= 0.6 is 23.4 Å². The molecule has 0 bridgehead atoms. The first-order valence-electron chi connectivity index (χ1n) is 8.70. The Morgan fingerprint density at radius 2 is 1.56 bits per heavy atom. The third-order valence-corrected chi connectivity index (χ3v) is 4.85. The molecule has 3 rings (SSSR count). The molecule has 1 N–H and O–H groups in total. The minimum atomic E-state index is 0.707. The lowest BCUT2D eigenvalue weighted by molar-refractivity contribution is 0.271. The number of benzene rings is 3. The van der Waals surface area contributed by atoms with E-state index in [2.05, 4.69) is 29.7 Å². The molecule has 3 nitrogen and oxygen atoms in total. The van der Waals surface area contributed by atoms with Gasteiger partial charge in [0.2, 0.25) is 0 Å². The number of anilines is 1. The van der Waals surface area contributed by atoms with Crippen molar-refractivity contribution >= 4 is 29.1 Å². The molecule has 0 aromatic heterocycles. The number of hydrogen-bond acceptors (Lipinski definition) is 4. The summed E-state index contributed by atoms with van der Waals surface area (Å²) in [4.78, 5) is 7.17. The zero-order chi connectivity index (χ0) is 19.6. The zero-order valence-corrected chi connectivity index (χ0v) is 17.5. The first-order valence-corrected chi connectivity index (χ1v) is 9.90. The van der Waals surface area contributed by atoms with E-state index in [9.17, 15) is 0 Å². The molecule has 0 saturated heterocycles. The molecule has 0 amide bonds. The van der Waals surface area contributed by atoms with Gasteiger partial charge >= 0.3 is 0 Å². The van der Waals surface area contributed by atoms with E-state index in [1.54, 1.807) is 26.0 Å². The van der Waals surface area contributed by atoms with Crippen molar-refractivity contribution in [2.75, 3.05) is 19.7 Å². The predicted octanol–water partition coefficient (Wildman–Crippen LogP) is 7.17. The molecule has 0 fully saturated rings. The number of ether oxygens (including phenoxy) is 1. The maximum Gasteiger partial charge on any atom is 0.126 e. The van der Waals surface area contributed by atoms with Gasteiger partial charge in [-0.15, -0.1) is 0 Å². The highest BCUT2D eigenvalue weighted by Gasteiger charge is 2.09. The molecule has 0 spiro atoms. The molecule has 0 saturated carbocycles. The normalized spacial score (nSPS) is 9.96. The zero-order valence-electron chi connectivity index (χ0n) is 16.0. The summed E-state index contributed by atoms with van der Waals surface area (Å²) in [5.74, 6) is 0.825. The average molecular weight is 402 g/mol. The summed E-state index contributed by atoms with van der Waals surface area (Å²) in [5.41, 5.74) is 5.78. The van der Waals surface area contributed by atoms with Crippen molar-refractivity contribution in [1.29, 1.82) is 0 Å². The van der Waals surface area contributed by atoms with Gasteiger partial charge in [0.15, 0.2) is 0 Å². The van der Waals surface area contributed by atoms with Crippen molar-refractivity contribution in [3.8, 4) is 16.9 Å². The molecule has 0 heterocycles. The van der Waals surface area contributed by atoms with Gasteiger partial charge in [0.25, 0.3) is 0 Å². The molecule has 3 aromatic carbocycles. The van der Waals surface area contributed by atoms with Gasteiger partial charge in [-0.25, -0.2) is 0 Å². The molecule has 0 unspecified atom stereocenters. The highest BCUT2D eigenvalue weighted by atomic mass is 35.5. The lowest BCUT2D eigenvalue weighted by Gasteiger charge is -2.12. The lowest BCUT2D eigenvalue weighted by atomic mass is 10.0. The number of hydrogen-bond donors (Lipinski definition) is 1. The van der Waals surface area contributed by atoms with E-state index in [0.717, 1.165) is 32.4 Å². The molecule has 5 heteroatoms. The molecule has 0 aliphatic rings. The van der Waals surface area contributed by atoms with Crippen LogP contribution < -0.4 is 10.2 Å². The van der Waals surface area contributed by atoms with Crippen molar-refractivity contribution in [2.45, 2.75) is 23.6 Å². The van der Waals surface area contributed by atoms with Gasteiger partial charge in [-0.2, -0.15) is 0 Å². The first-order chi connectivity index (χ1) is 13.2. The van der Waals surface area contributed by atoms with Gasteiger partial charge in [-0.1, -0.05) is 49.3 Å². The number of rotatable bonds is 6. The highest BCUT2D eigenvalue weighted by Crippen LogP contribution is 2.37. The van der Waals surface area contributed by atoms with E-state index in [0.29, 0.717) is 5.02 Å². The van der Waals surface area contributed by atoms with Crippen LogP contribution in [-0.2, 0) is 4.84 Å². The number of halogens is 1. The molecule has 3 aromatic rings. The van der Waals surface area contributed by atoms with Crippen molar-refractivity contribution in [3.05, 3.63) is 71.8 Å². The van der Waals surface area contributed by atoms with Crippen molar-refractivity contribution in [1.82, 2.24) is 0 Å². The maximum atomic E-state index is 6.14. The van der Waals surface area contributed by atoms with Gasteiger partial charge in [-0.3, -0.25) is 10.3 Å². The molecular formula is C22H24ClNO2S. The van der Waals surface area contributed by atoms with E-state index >= 15 is 0 Å². The van der Waals surface area contributed by atoms with Crippen LogP contribution in [0.5, 0.6) is 5.75 Å². The highest BCUT2D eigenvalue weighted by molar-refractivity contribution is 7.99. The molecule has 0 aliphatic carbocycles. The van der Waals surface area contributed by atoms with Crippen LogP contribution in [0, 0.1) is 0 Å². The minimum absolute atomic E-state index is 0.707. The maximum absolute atomic E-state index is 6.14. The minimum Gasteiger partial charge on any atom is -0.496 e. The van der Waals surface area contributed by atoms with Gasteiger partial charge in [0.05, 0.1) is 19.9 Å². The molecule has 0 atom stereocenters. The summed E-state index contributed by atoms with van der Waals surface area (Å²) in [6.45, 7) is 4.00. The summed E-state index contributed by atoms with van der Waals surface area (Å²) in [5, 5.41) is 0.707. The third kappa shape index (κ3) is 5.93. The van der Waals surface area contributed by atoms with Gasteiger partial charge in [0, 0.05) is 20.4 Å². The Hall–Kier alpha value is -2.14. The monoisotopic (exact) mass is 401 g/mol. The second kappa shape index (κ2) is 10.9. The van der Waals surface area contributed by atoms with E-state index in [-0.39, 0.29) is 0 Å². The summed E-state index contributed by atoms with van der Waals surface area (Å²) in [6, 6.07) is 22.0. The van der Waals surface area contributed by atoms with E-state index in [1.165, 1.54) is 0 Å². The molecule has 0 aliphatic heterocycles. The topological polar surface area (TPSA) is 30.5 Å². The fourth-order valence-electron chi connectivity index (χ4n) is 2.48.